The fourth-order valence-electron chi connectivity index (χ4n) is 1.61. The lowest BCUT2D eigenvalue weighted by molar-refractivity contribution is -0.137. The summed E-state index contributed by atoms with van der Waals surface area (Å²) in [6.45, 7) is 0.282. The van der Waals surface area contributed by atoms with Crippen LogP contribution in [0.25, 0.3) is 11.4 Å². The van der Waals surface area contributed by atoms with Crippen molar-refractivity contribution in [1.29, 1.82) is 0 Å². The van der Waals surface area contributed by atoms with Crippen molar-refractivity contribution in [2.75, 3.05) is 6.54 Å². The number of aromatic nitrogens is 3. The first-order valence-corrected chi connectivity index (χ1v) is 5.40. The van der Waals surface area contributed by atoms with Gasteiger partial charge in [-0.05, 0) is 24.7 Å². The van der Waals surface area contributed by atoms with Crippen LogP contribution in [0.3, 0.4) is 0 Å². The number of nitrogens with zero attached hydrogens (tertiary/aromatic N) is 2. The van der Waals surface area contributed by atoms with E-state index >= 15 is 0 Å². The number of hydrogen-bond acceptors (Lipinski definition) is 3. The van der Waals surface area contributed by atoms with E-state index in [1.165, 1.54) is 0 Å². The molecule has 0 fully saturated rings. The maximum Gasteiger partial charge on any atom is 0.417 e. The zero-order valence-electron chi connectivity index (χ0n) is 9.63. The van der Waals surface area contributed by atoms with Crippen LogP contribution in [0.15, 0.2) is 18.2 Å². The van der Waals surface area contributed by atoms with Gasteiger partial charge in [0.25, 0.3) is 0 Å². The van der Waals surface area contributed by atoms with Gasteiger partial charge in [0, 0.05) is 12.0 Å². The molecule has 0 atom stereocenters. The summed E-state index contributed by atoms with van der Waals surface area (Å²) in [4.78, 5) is 3.87. The smallest absolute Gasteiger partial charge is 0.330 e. The third-order valence-electron chi connectivity index (χ3n) is 2.44. The highest BCUT2D eigenvalue weighted by atomic mass is 19.4. The molecule has 1 aromatic heterocycles. The van der Waals surface area contributed by atoms with E-state index in [1.807, 2.05) is 0 Å². The molecule has 8 heteroatoms. The standard InChI is InChI=1S/C11H10F4N4/c12-6-1-2-8(11(13,14)15)7(5-6)10-17-9(3-4-16)18-19-10/h1-2,5H,3-4,16H2,(H,17,18,19). The van der Waals surface area contributed by atoms with Crippen LogP contribution in [-0.4, -0.2) is 21.7 Å². The minimum atomic E-state index is -4.60. The number of nitrogens with two attached hydrogens (primary N) is 1. The Morgan fingerprint density at radius 2 is 2.00 bits per heavy atom. The van der Waals surface area contributed by atoms with Crippen molar-refractivity contribution in [2.45, 2.75) is 12.6 Å². The van der Waals surface area contributed by atoms with Crippen LogP contribution in [0.5, 0.6) is 0 Å². The molecule has 0 radical (unpaired) electrons. The average molecular weight is 274 g/mol. The number of H-pyrrole nitrogens is 1. The Morgan fingerprint density at radius 1 is 1.26 bits per heavy atom. The Labute approximate surface area is 105 Å². The summed E-state index contributed by atoms with van der Waals surface area (Å²) < 4.78 is 51.6. The van der Waals surface area contributed by atoms with Gasteiger partial charge in [-0.2, -0.15) is 18.3 Å². The van der Waals surface area contributed by atoms with Crippen molar-refractivity contribution in [2.24, 2.45) is 5.73 Å². The van der Waals surface area contributed by atoms with Gasteiger partial charge in [-0.25, -0.2) is 9.37 Å². The van der Waals surface area contributed by atoms with Gasteiger partial charge in [0.1, 0.15) is 11.6 Å². The Hall–Kier alpha value is -1.96. The second-order valence-corrected chi connectivity index (χ2v) is 3.83. The van der Waals surface area contributed by atoms with Gasteiger partial charge in [0.15, 0.2) is 5.82 Å². The maximum atomic E-state index is 13.1. The van der Waals surface area contributed by atoms with Crippen LogP contribution in [0.2, 0.25) is 0 Å². The Bertz CT molecular complexity index is 576. The Balaban J connectivity index is 2.50. The van der Waals surface area contributed by atoms with Crippen molar-refractivity contribution < 1.29 is 17.6 Å². The highest BCUT2D eigenvalue weighted by molar-refractivity contribution is 5.61. The first-order valence-electron chi connectivity index (χ1n) is 5.40. The van der Waals surface area contributed by atoms with Gasteiger partial charge >= 0.3 is 6.18 Å². The van der Waals surface area contributed by atoms with Crippen molar-refractivity contribution >= 4 is 0 Å². The first-order chi connectivity index (χ1) is 8.91. The third-order valence-corrected chi connectivity index (χ3v) is 2.44. The molecule has 0 amide bonds. The van der Waals surface area contributed by atoms with E-state index in [2.05, 4.69) is 15.2 Å². The van der Waals surface area contributed by atoms with Crippen LogP contribution >= 0.6 is 0 Å². The summed E-state index contributed by atoms with van der Waals surface area (Å²) in [5.74, 6) is -0.627. The molecule has 0 aliphatic rings. The zero-order chi connectivity index (χ0) is 14.0. The highest BCUT2D eigenvalue weighted by Gasteiger charge is 2.34. The van der Waals surface area contributed by atoms with Crippen LogP contribution in [-0.2, 0) is 12.6 Å². The van der Waals surface area contributed by atoms with E-state index in [-0.39, 0.29) is 12.4 Å². The normalized spacial score (nSPS) is 11.8. The lowest BCUT2D eigenvalue weighted by Gasteiger charge is -2.10. The van der Waals surface area contributed by atoms with E-state index < -0.39 is 23.1 Å². The van der Waals surface area contributed by atoms with Crippen molar-refractivity contribution in [3.63, 3.8) is 0 Å². The number of benzene rings is 1. The summed E-state index contributed by atoms with van der Waals surface area (Å²) in [5.41, 5.74) is 3.93. The number of hydrogen-bond donors (Lipinski definition) is 2. The van der Waals surface area contributed by atoms with Gasteiger partial charge in [0.05, 0.1) is 5.56 Å². The lowest BCUT2D eigenvalue weighted by Crippen LogP contribution is -2.08. The second kappa shape index (κ2) is 4.96. The maximum absolute atomic E-state index is 13.1. The molecule has 0 bridgehead atoms. The molecule has 1 aromatic carbocycles. The molecule has 3 N–H and O–H groups in total. The van der Waals surface area contributed by atoms with Crippen molar-refractivity contribution in [1.82, 2.24) is 15.2 Å². The first kappa shape index (κ1) is 13.5. The monoisotopic (exact) mass is 274 g/mol. The topological polar surface area (TPSA) is 67.6 Å². The molecule has 0 spiro atoms. The summed E-state index contributed by atoms with van der Waals surface area (Å²) in [5, 5.41) is 6.13. The van der Waals surface area contributed by atoms with Crippen LogP contribution in [0, 0.1) is 5.82 Å². The minimum Gasteiger partial charge on any atom is -0.330 e. The predicted octanol–water partition coefficient (Wildman–Crippen LogP) is 2.13. The van der Waals surface area contributed by atoms with Crippen LogP contribution in [0.4, 0.5) is 17.6 Å². The number of aromatic amines is 1. The highest BCUT2D eigenvalue weighted by Crippen LogP contribution is 2.36. The van der Waals surface area contributed by atoms with Gasteiger partial charge in [-0.3, -0.25) is 5.10 Å². The number of alkyl halides is 3. The second-order valence-electron chi connectivity index (χ2n) is 3.83. The van der Waals surface area contributed by atoms with E-state index in [1.54, 1.807) is 0 Å². The Kier molecular flexibility index (Phi) is 3.52. The molecule has 4 nitrogen and oxygen atoms in total. The van der Waals surface area contributed by atoms with E-state index in [0.717, 1.165) is 12.1 Å². The quantitative estimate of drug-likeness (QED) is 0.842. The number of rotatable bonds is 3. The van der Waals surface area contributed by atoms with Gasteiger partial charge in [0.2, 0.25) is 0 Å². The minimum absolute atomic E-state index is 0.199. The van der Waals surface area contributed by atoms with Crippen molar-refractivity contribution in [3.8, 4) is 11.4 Å². The molecule has 102 valence electrons. The molecule has 0 aliphatic carbocycles. The summed E-state index contributed by atoms with van der Waals surface area (Å²) >= 11 is 0. The molecule has 0 aliphatic heterocycles. The van der Waals surface area contributed by atoms with Gasteiger partial charge in [-0.1, -0.05) is 0 Å². The molecule has 2 aromatic rings. The molecular formula is C11H10F4N4. The van der Waals surface area contributed by atoms with E-state index in [0.29, 0.717) is 18.3 Å². The van der Waals surface area contributed by atoms with Crippen LogP contribution < -0.4 is 5.73 Å². The molecule has 2 rings (SSSR count). The number of halogens is 4. The largest absolute Gasteiger partial charge is 0.417 e. The van der Waals surface area contributed by atoms with Crippen molar-refractivity contribution in [3.05, 3.63) is 35.4 Å². The summed E-state index contributed by atoms with van der Waals surface area (Å²) in [7, 11) is 0. The SMILES string of the molecule is NCCc1nc(-c2cc(F)ccc2C(F)(F)F)n[nH]1. The predicted molar refractivity (Wildman–Crippen MR) is 59.5 cm³/mol. The molecule has 0 saturated heterocycles. The molecular weight excluding hydrogens is 264 g/mol. The summed E-state index contributed by atoms with van der Waals surface area (Å²) in [6.07, 6.45) is -4.25. The molecule has 0 unspecified atom stereocenters. The molecule has 1 heterocycles. The Morgan fingerprint density at radius 3 is 2.63 bits per heavy atom. The lowest BCUT2D eigenvalue weighted by atomic mass is 10.1. The average Bonchev–Trinajstić information content (AvgIpc) is 2.76. The zero-order valence-corrected chi connectivity index (χ0v) is 9.63. The van der Waals surface area contributed by atoms with Crippen LogP contribution in [0.1, 0.15) is 11.4 Å². The van der Waals surface area contributed by atoms with Gasteiger partial charge < -0.3 is 5.73 Å². The third kappa shape index (κ3) is 2.90. The van der Waals surface area contributed by atoms with E-state index in [4.69, 9.17) is 5.73 Å². The summed E-state index contributed by atoms with van der Waals surface area (Å²) in [6, 6.07) is 2.18. The molecule has 0 saturated carbocycles. The van der Waals surface area contributed by atoms with E-state index in [9.17, 15) is 17.6 Å². The number of nitrogens with one attached hydrogen (secondary N) is 1. The fraction of sp³-hybridized carbons (Fsp3) is 0.273. The van der Waals surface area contributed by atoms with Gasteiger partial charge in [-0.15, -0.1) is 0 Å². The molecule has 19 heavy (non-hydrogen) atoms. The fourth-order valence-corrected chi connectivity index (χ4v) is 1.61.